The predicted molar refractivity (Wildman–Crippen MR) is 115 cm³/mol. The summed E-state index contributed by atoms with van der Waals surface area (Å²) in [6, 6.07) is 11.1. The van der Waals surface area contributed by atoms with E-state index < -0.39 is 17.2 Å². The van der Waals surface area contributed by atoms with Crippen molar-refractivity contribution in [1.82, 2.24) is 20.8 Å². The molecule has 2 atom stereocenters. The van der Waals surface area contributed by atoms with Crippen molar-refractivity contribution in [3.8, 4) is 0 Å². The van der Waals surface area contributed by atoms with Gasteiger partial charge in [0.05, 0.1) is 6.54 Å². The van der Waals surface area contributed by atoms with Crippen LogP contribution in [0, 0.1) is 5.92 Å². The summed E-state index contributed by atoms with van der Waals surface area (Å²) in [5.74, 6) is 1.56. The van der Waals surface area contributed by atoms with Crippen LogP contribution in [0.15, 0.2) is 34.9 Å². The predicted octanol–water partition coefficient (Wildman–Crippen LogP) is 4.33. The van der Waals surface area contributed by atoms with Crippen LogP contribution in [-0.4, -0.2) is 27.9 Å². The van der Waals surface area contributed by atoms with E-state index in [2.05, 4.69) is 51.1 Å². The highest BCUT2D eigenvalue weighted by Gasteiger charge is 2.32. The van der Waals surface area contributed by atoms with E-state index in [0.29, 0.717) is 30.2 Å². The zero-order valence-electron chi connectivity index (χ0n) is 18.7. The molecule has 2 aromatic rings. The zero-order valence-corrected chi connectivity index (χ0v) is 18.7. The van der Waals surface area contributed by atoms with Gasteiger partial charge in [0.25, 0.3) is 0 Å². The van der Waals surface area contributed by atoms with Crippen molar-refractivity contribution in [1.29, 1.82) is 0 Å². The maximum absolute atomic E-state index is 12.1. The summed E-state index contributed by atoms with van der Waals surface area (Å²) >= 11 is 0. The molecule has 0 bridgehead atoms. The average molecular weight is 415 g/mol. The molecule has 1 amide bonds. The number of ether oxygens (including phenoxy) is 1. The third-order valence-electron chi connectivity index (χ3n) is 5.36. The minimum atomic E-state index is -0.798. The fourth-order valence-electron chi connectivity index (χ4n) is 3.88. The van der Waals surface area contributed by atoms with Crippen molar-refractivity contribution in [2.45, 2.75) is 84.0 Å². The van der Waals surface area contributed by atoms with Crippen LogP contribution in [0.3, 0.4) is 0 Å². The number of carbonyl (C=O) groups excluding carboxylic acids is 1. The maximum atomic E-state index is 12.1. The topological polar surface area (TPSA) is 89.3 Å². The highest BCUT2D eigenvalue weighted by Crippen LogP contribution is 2.29. The first-order chi connectivity index (χ1) is 14.1. The van der Waals surface area contributed by atoms with Crippen LogP contribution in [0.5, 0.6) is 0 Å². The minimum absolute atomic E-state index is 0.428. The van der Waals surface area contributed by atoms with E-state index in [4.69, 9.17) is 9.26 Å². The molecule has 1 fully saturated rings. The molecule has 0 radical (unpaired) electrons. The molecule has 30 heavy (non-hydrogen) atoms. The highest BCUT2D eigenvalue weighted by atomic mass is 16.6. The van der Waals surface area contributed by atoms with Crippen molar-refractivity contribution < 1.29 is 14.1 Å². The van der Waals surface area contributed by atoms with E-state index in [0.717, 1.165) is 12.8 Å². The molecule has 1 aromatic carbocycles. The van der Waals surface area contributed by atoms with E-state index in [-0.39, 0.29) is 0 Å². The first-order valence-corrected chi connectivity index (χ1v) is 10.7. The molecule has 3 rings (SSSR count). The molecule has 1 saturated carbocycles. The van der Waals surface area contributed by atoms with Gasteiger partial charge in [-0.2, -0.15) is 4.98 Å². The molecule has 1 heterocycles. The second-order valence-electron chi connectivity index (χ2n) is 9.63. The number of nitrogens with zero attached hydrogens (tertiary/aromatic N) is 2. The van der Waals surface area contributed by atoms with Gasteiger partial charge in [0.2, 0.25) is 5.89 Å². The number of amides is 1. The van der Waals surface area contributed by atoms with Crippen LogP contribution in [0.25, 0.3) is 0 Å². The Hall–Kier alpha value is -2.41. The minimum Gasteiger partial charge on any atom is -0.444 e. The van der Waals surface area contributed by atoms with E-state index >= 15 is 0 Å². The largest absolute Gasteiger partial charge is 0.444 e. The summed E-state index contributed by atoms with van der Waals surface area (Å²) in [5, 5.41) is 10.5. The molecule has 1 aliphatic carbocycles. The number of aromatic nitrogens is 2. The second-order valence-corrected chi connectivity index (χ2v) is 9.63. The van der Waals surface area contributed by atoms with Crippen molar-refractivity contribution in [3.05, 3.63) is 47.6 Å². The van der Waals surface area contributed by atoms with Gasteiger partial charge < -0.3 is 19.9 Å². The summed E-state index contributed by atoms with van der Waals surface area (Å²) in [7, 11) is 0. The molecule has 0 spiro atoms. The zero-order chi connectivity index (χ0) is 21.8. The van der Waals surface area contributed by atoms with Gasteiger partial charge in [0.15, 0.2) is 5.82 Å². The molecular weight excluding hydrogens is 380 g/mol. The summed E-state index contributed by atoms with van der Waals surface area (Å²) in [6.45, 7) is 9.65. The Morgan fingerprint density at radius 1 is 1.17 bits per heavy atom. The summed E-state index contributed by atoms with van der Waals surface area (Å²) in [4.78, 5) is 16.6. The molecule has 7 nitrogen and oxygen atoms in total. The van der Waals surface area contributed by atoms with Gasteiger partial charge in [-0.1, -0.05) is 41.9 Å². The fraction of sp³-hybridized carbons (Fsp3) is 0.609. The third-order valence-corrected chi connectivity index (χ3v) is 5.36. The van der Waals surface area contributed by atoms with Crippen LogP contribution in [0.1, 0.15) is 71.2 Å². The monoisotopic (exact) mass is 414 g/mol. The third kappa shape index (κ3) is 6.29. The molecule has 2 N–H and O–H groups in total. The quantitative estimate of drug-likeness (QED) is 0.701. The molecule has 7 heteroatoms. The number of benzene rings is 1. The number of hydrogen-bond acceptors (Lipinski definition) is 6. The smallest absolute Gasteiger partial charge is 0.408 e. The lowest BCUT2D eigenvalue weighted by atomic mass is 9.94. The molecule has 1 aromatic heterocycles. The lowest BCUT2D eigenvalue weighted by Crippen LogP contribution is -2.44. The Kier molecular flexibility index (Phi) is 6.81. The van der Waals surface area contributed by atoms with Gasteiger partial charge in [-0.25, -0.2) is 4.79 Å². The summed E-state index contributed by atoms with van der Waals surface area (Å²) in [5.41, 5.74) is 0.0170. The van der Waals surface area contributed by atoms with Crippen molar-refractivity contribution in [2.75, 3.05) is 0 Å². The molecule has 1 aliphatic rings. The van der Waals surface area contributed by atoms with Crippen LogP contribution in [0.2, 0.25) is 0 Å². The standard InChI is InChI=1S/C23H34N4O3/c1-22(2,3)29-21(28)26-23(4,5)20-25-19(30-27-20)15-24-18-13-9-12-17(18)14-16-10-7-6-8-11-16/h6-8,10-11,17-18,24H,9,12-15H2,1-5H3,(H,26,28)/t17-,18-/m1/s1. The van der Waals surface area contributed by atoms with Crippen molar-refractivity contribution in [3.63, 3.8) is 0 Å². The molecule has 164 valence electrons. The number of carbonyl (C=O) groups is 1. The Labute approximate surface area is 179 Å². The Bertz CT molecular complexity index is 826. The van der Waals surface area contributed by atoms with Gasteiger partial charge >= 0.3 is 6.09 Å². The number of hydrogen-bond donors (Lipinski definition) is 2. The van der Waals surface area contributed by atoms with Gasteiger partial charge in [-0.05, 0) is 65.4 Å². The highest BCUT2D eigenvalue weighted by molar-refractivity contribution is 5.68. The van der Waals surface area contributed by atoms with E-state index in [9.17, 15) is 4.79 Å². The Morgan fingerprint density at radius 2 is 1.90 bits per heavy atom. The fourth-order valence-corrected chi connectivity index (χ4v) is 3.88. The maximum Gasteiger partial charge on any atom is 0.408 e. The van der Waals surface area contributed by atoms with Gasteiger partial charge in [0.1, 0.15) is 11.1 Å². The number of nitrogens with one attached hydrogen (secondary N) is 2. The van der Waals surface area contributed by atoms with E-state index in [1.54, 1.807) is 0 Å². The molecule has 0 saturated heterocycles. The van der Waals surface area contributed by atoms with Crippen molar-refractivity contribution in [2.24, 2.45) is 5.92 Å². The first kappa shape index (κ1) is 22.3. The van der Waals surface area contributed by atoms with Crippen LogP contribution in [-0.2, 0) is 23.2 Å². The van der Waals surface area contributed by atoms with Crippen LogP contribution in [0.4, 0.5) is 4.79 Å². The second kappa shape index (κ2) is 9.16. The van der Waals surface area contributed by atoms with Gasteiger partial charge in [-0.3, -0.25) is 0 Å². The van der Waals surface area contributed by atoms with Crippen molar-refractivity contribution >= 4 is 6.09 Å². The van der Waals surface area contributed by atoms with Gasteiger partial charge in [0, 0.05) is 6.04 Å². The average Bonchev–Trinajstić information content (AvgIpc) is 3.28. The van der Waals surface area contributed by atoms with Crippen LogP contribution < -0.4 is 10.6 Å². The van der Waals surface area contributed by atoms with E-state index in [1.807, 2.05) is 34.6 Å². The SMILES string of the molecule is CC(C)(C)OC(=O)NC(C)(C)c1noc(CN[C@@H]2CCC[C@@H]2Cc2ccccc2)n1. The van der Waals surface area contributed by atoms with E-state index in [1.165, 1.54) is 18.4 Å². The summed E-state index contributed by atoms with van der Waals surface area (Å²) in [6.07, 6.45) is 4.20. The molecule has 0 unspecified atom stereocenters. The Morgan fingerprint density at radius 3 is 2.60 bits per heavy atom. The normalized spacial score (nSPS) is 19.6. The Balaban J connectivity index is 1.54. The van der Waals surface area contributed by atoms with Crippen LogP contribution >= 0.6 is 0 Å². The molecular formula is C23H34N4O3. The lowest BCUT2D eigenvalue weighted by Gasteiger charge is -2.26. The summed E-state index contributed by atoms with van der Waals surface area (Å²) < 4.78 is 10.8. The number of alkyl carbamates (subject to hydrolysis) is 1. The number of rotatable bonds is 7. The molecule has 0 aliphatic heterocycles. The first-order valence-electron chi connectivity index (χ1n) is 10.7. The lowest BCUT2D eigenvalue weighted by molar-refractivity contribution is 0.0465. The van der Waals surface area contributed by atoms with Gasteiger partial charge in [-0.15, -0.1) is 0 Å².